The van der Waals surface area contributed by atoms with E-state index in [1.165, 1.54) is 49.2 Å². The van der Waals surface area contributed by atoms with Crippen molar-refractivity contribution >= 4 is 38.1 Å². The highest BCUT2D eigenvalue weighted by Crippen LogP contribution is 2.41. The molecule has 0 bridgehead atoms. The zero-order valence-electron chi connectivity index (χ0n) is 13.6. The molecule has 0 N–H and O–H groups in total. The minimum atomic E-state index is 1.26. The highest BCUT2D eigenvalue weighted by Gasteiger charge is 2.18. The Balaban J connectivity index is 1.96. The average molecular weight is 317 g/mol. The zero-order valence-corrected chi connectivity index (χ0v) is 13.6. The molecule has 4 aromatic carbocycles. The van der Waals surface area contributed by atoms with Crippen molar-refractivity contribution in [2.75, 3.05) is 0 Å². The molecule has 6 aromatic rings. The van der Waals surface area contributed by atoms with Gasteiger partial charge in [-0.05, 0) is 11.6 Å². The smallest absolute Gasteiger partial charge is 0.0620 e. The molecule has 0 saturated carbocycles. The summed E-state index contributed by atoms with van der Waals surface area (Å²) in [5.41, 5.74) is 6.48. The number of fused-ring (bicyclic) bond motifs is 6. The van der Waals surface area contributed by atoms with Gasteiger partial charge in [0.05, 0.1) is 16.6 Å². The van der Waals surface area contributed by atoms with Crippen molar-refractivity contribution in [2.45, 2.75) is 0 Å². The quantitative estimate of drug-likeness (QED) is 0.326. The molecule has 0 saturated heterocycles. The fraction of sp³-hybridized carbons (Fsp3) is 0. The summed E-state index contributed by atoms with van der Waals surface area (Å²) in [6.45, 7) is 0. The second-order valence-corrected chi connectivity index (χ2v) is 6.62. The van der Waals surface area contributed by atoms with Gasteiger partial charge in [0, 0.05) is 27.1 Å². The largest absolute Gasteiger partial charge is 0.307 e. The van der Waals surface area contributed by atoms with Gasteiger partial charge in [0.25, 0.3) is 0 Å². The van der Waals surface area contributed by atoms with E-state index in [1.54, 1.807) is 0 Å². The number of nitrogens with zero attached hydrogens (tertiary/aromatic N) is 1. The Kier molecular flexibility index (Phi) is 2.40. The SMILES string of the molecule is c1ccc(-c2cccc3c4cccc5c6ccccc6n(c23)c54)cc1. The maximum absolute atomic E-state index is 2.46. The summed E-state index contributed by atoms with van der Waals surface area (Å²) in [6, 6.07) is 32.7. The van der Waals surface area contributed by atoms with Crippen LogP contribution in [0.25, 0.3) is 49.2 Å². The first-order valence-electron chi connectivity index (χ1n) is 8.65. The van der Waals surface area contributed by atoms with Crippen molar-refractivity contribution in [1.82, 2.24) is 4.40 Å². The van der Waals surface area contributed by atoms with Gasteiger partial charge in [0.1, 0.15) is 0 Å². The molecular weight excluding hydrogens is 302 g/mol. The van der Waals surface area contributed by atoms with Crippen LogP contribution in [0, 0.1) is 0 Å². The third-order valence-electron chi connectivity index (χ3n) is 5.33. The molecule has 0 aliphatic carbocycles. The third-order valence-corrected chi connectivity index (χ3v) is 5.33. The van der Waals surface area contributed by atoms with Crippen molar-refractivity contribution in [3.63, 3.8) is 0 Å². The van der Waals surface area contributed by atoms with Gasteiger partial charge in [-0.15, -0.1) is 0 Å². The number of benzene rings is 4. The highest BCUT2D eigenvalue weighted by atomic mass is 14.9. The molecule has 0 radical (unpaired) electrons. The molecule has 1 heteroatoms. The summed E-state index contributed by atoms with van der Waals surface area (Å²) in [7, 11) is 0. The minimum Gasteiger partial charge on any atom is -0.307 e. The van der Waals surface area contributed by atoms with E-state index < -0.39 is 0 Å². The summed E-state index contributed by atoms with van der Waals surface area (Å²) in [5.74, 6) is 0. The van der Waals surface area contributed by atoms with Crippen LogP contribution in [0.1, 0.15) is 0 Å². The second-order valence-electron chi connectivity index (χ2n) is 6.62. The van der Waals surface area contributed by atoms with Crippen LogP contribution in [0.2, 0.25) is 0 Å². The maximum Gasteiger partial charge on any atom is 0.0620 e. The molecule has 25 heavy (non-hydrogen) atoms. The van der Waals surface area contributed by atoms with Crippen LogP contribution in [0.4, 0.5) is 0 Å². The number of aromatic nitrogens is 1. The summed E-state index contributed by atoms with van der Waals surface area (Å²) >= 11 is 0. The Morgan fingerprint density at radius 3 is 1.88 bits per heavy atom. The zero-order chi connectivity index (χ0) is 16.4. The molecule has 0 unspecified atom stereocenters. The first-order valence-corrected chi connectivity index (χ1v) is 8.65. The van der Waals surface area contributed by atoms with Crippen molar-refractivity contribution in [3.8, 4) is 11.1 Å². The summed E-state index contributed by atoms with van der Waals surface area (Å²) in [6.07, 6.45) is 0. The fourth-order valence-corrected chi connectivity index (χ4v) is 4.32. The van der Waals surface area contributed by atoms with Crippen LogP contribution in [0.15, 0.2) is 91.0 Å². The predicted molar refractivity (Wildman–Crippen MR) is 107 cm³/mol. The summed E-state index contributed by atoms with van der Waals surface area (Å²) in [4.78, 5) is 0. The number of hydrogen-bond donors (Lipinski definition) is 0. The van der Waals surface area contributed by atoms with Crippen molar-refractivity contribution in [3.05, 3.63) is 91.0 Å². The highest BCUT2D eigenvalue weighted by molar-refractivity contribution is 6.24. The van der Waals surface area contributed by atoms with Gasteiger partial charge < -0.3 is 4.40 Å². The molecule has 1 nitrogen and oxygen atoms in total. The van der Waals surface area contributed by atoms with E-state index in [2.05, 4.69) is 95.4 Å². The van der Waals surface area contributed by atoms with Crippen LogP contribution >= 0.6 is 0 Å². The second kappa shape index (κ2) is 4.61. The van der Waals surface area contributed by atoms with Gasteiger partial charge in [0.2, 0.25) is 0 Å². The molecule has 116 valence electrons. The van der Waals surface area contributed by atoms with Gasteiger partial charge in [-0.2, -0.15) is 0 Å². The lowest BCUT2D eigenvalue weighted by atomic mass is 10.0. The Hall–Kier alpha value is -3.32. The van der Waals surface area contributed by atoms with Crippen LogP contribution in [0.3, 0.4) is 0 Å². The lowest BCUT2D eigenvalue weighted by Gasteiger charge is -2.06. The lowest BCUT2D eigenvalue weighted by Crippen LogP contribution is -1.85. The van der Waals surface area contributed by atoms with Crippen LogP contribution in [-0.4, -0.2) is 4.40 Å². The van der Waals surface area contributed by atoms with Crippen molar-refractivity contribution in [1.29, 1.82) is 0 Å². The van der Waals surface area contributed by atoms with Gasteiger partial charge in [-0.3, -0.25) is 0 Å². The molecule has 2 aromatic heterocycles. The molecule has 0 atom stereocenters. The van der Waals surface area contributed by atoms with Gasteiger partial charge in [-0.25, -0.2) is 0 Å². The maximum atomic E-state index is 2.46. The Labute approximate surface area is 145 Å². The van der Waals surface area contributed by atoms with Gasteiger partial charge >= 0.3 is 0 Å². The topological polar surface area (TPSA) is 4.41 Å². The standard InChI is InChI=1S/C24H15N/c1-2-8-16(9-3-1)17-11-6-13-20-21-14-7-12-19-18-10-4-5-15-22(18)25(23(17)20)24(19)21/h1-15H. The molecule has 0 spiro atoms. The molecule has 6 rings (SSSR count). The fourth-order valence-electron chi connectivity index (χ4n) is 4.32. The predicted octanol–water partition coefficient (Wildman–Crippen LogP) is 6.50. The average Bonchev–Trinajstić information content (AvgIpc) is 3.20. The summed E-state index contributed by atoms with van der Waals surface area (Å²) < 4.78 is 2.46. The number of para-hydroxylation sites is 3. The first-order chi connectivity index (χ1) is 12.4. The Morgan fingerprint density at radius 2 is 1.04 bits per heavy atom. The lowest BCUT2D eigenvalue weighted by molar-refractivity contribution is 1.37. The van der Waals surface area contributed by atoms with E-state index in [1.807, 2.05) is 0 Å². The first kappa shape index (κ1) is 13.0. The number of rotatable bonds is 1. The van der Waals surface area contributed by atoms with E-state index in [0.717, 1.165) is 0 Å². The van der Waals surface area contributed by atoms with Crippen LogP contribution in [-0.2, 0) is 0 Å². The van der Waals surface area contributed by atoms with Crippen LogP contribution < -0.4 is 0 Å². The van der Waals surface area contributed by atoms with Gasteiger partial charge in [0.15, 0.2) is 0 Å². The van der Waals surface area contributed by atoms with E-state index in [4.69, 9.17) is 0 Å². The third kappa shape index (κ3) is 1.58. The minimum absolute atomic E-state index is 1.26. The van der Waals surface area contributed by atoms with E-state index in [-0.39, 0.29) is 0 Å². The van der Waals surface area contributed by atoms with E-state index >= 15 is 0 Å². The van der Waals surface area contributed by atoms with Crippen molar-refractivity contribution < 1.29 is 0 Å². The Bertz CT molecular complexity index is 1370. The van der Waals surface area contributed by atoms with Crippen molar-refractivity contribution in [2.24, 2.45) is 0 Å². The molecule has 0 aliphatic heterocycles. The normalized spacial score (nSPS) is 12.0. The summed E-state index contributed by atoms with van der Waals surface area (Å²) in [5, 5.41) is 5.32. The van der Waals surface area contributed by atoms with Crippen LogP contribution in [0.5, 0.6) is 0 Å². The molecular formula is C24H15N. The number of hydrogen-bond acceptors (Lipinski definition) is 0. The Morgan fingerprint density at radius 1 is 0.440 bits per heavy atom. The molecule has 0 aliphatic rings. The monoisotopic (exact) mass is 317 g/mol. The van der Waals surface area contributed by atoms with Gasteiger partial charge in [-0.1, -0.05) is 84.9 Å². The van der Waals surface area contributed by atoms with E-state index in [0.29, 0.717) is 0 Å². The van der Waals surface area contributed by atoms with E-state index in [9.17, 15) is 0 Å². The molecule has 0 amide bonds. The molecule has 0 fully saturated rings. The molecule has 2 heterocycles.